The third-order valence-electron chi connectivity index (χ3n) is 3.56. The first kappa shape index (κ1) is 14.7. The quantitative estimate of drug-likeness (QED) is 0.735. The molecule has 0 atom stereocenters. The normalized spacial score (nSPS) is 18.2. The molecule has 1 rings (SSSR count). The molecule has 1 saturated heterocycles. The van der Waals surface area contributed by atoms with E-state index >= 15 is 0 Å². The predicted octanol–water partition coefficient (Wildman–Crippen LogP) is 1.01. The van der Waals surface area contributed by atoms with Crippen LogP contribution in [0, 0.1) is 0 Å². The zero-order valence-corrected chi connectivity index (χ0v) is 11.3. The molecule has 102 valence electrons. The van der Waals surface area contributed by atoms with Crippen molar-refractivity contribution in [2.45, 2.75) is 39.7 Å². The number of carbonyl (C=O) groups excluding carboxylic acids is 1. The largest absolute Gasteiger partial charge is 0.478 e. The van der Waals surface area contributed by atoms with Crippen molar-refractivity contribution in [3.05, 3.63) is 11.1 Å². The maximum absolute atomic E-state index is 12.3. The van der Waals surface area contributed by atoms with E-state index in [1.54, 1.807) is 11.8 Å². The zero-order chi connectivity index (χ0) is 13.7. The monoisotopic (exact) mass is 254 g/mol. The summed E-state index contributed by atoms with van der Waals surface area (Å²) in [5.74, 6) is -1.17. The third kappa shape index (κ3) is 3.32. The van der Waals surface area contributed by atoms with Gasteiger partial charge in [0.1, 0.15) is 0 Å². The minimum Gasteiger partial charge on any atom is -0.478 e. The lowest BCUT2D eigenvalue weighted by atomic mass is 10.0. The Hall–Kier alpha value is -1.36. The van der Waals surface area contributed by atoms with Gasteiger partial charge in [-0.25, -0.2) is 4.79 Å². The van der Waals surface area contributed by atoms with Crippen molar-refractivity contribution >= 4 is 11.9 Å². The van der Waals surface area contributed by atoms with Crippen LogP contribution in [0.4, 0.5) is 0 Å². The van der Waals surface area contributed by atoms with Crippen molar-refractivity contribution in [2.75, 3.05) is 19.6 Å². The maximum atomic E-state index is 12.3. The van der Waals surface area contributed by atoms with Crippen LogP contribution >= 0.6 is 0 Å². The molecule has 18 heavy (non-hydrogen) atoms. The molecule has 1 heterocycles. The summed E-state index contributed by atoms with van der Waals surface area (Å²) in [6.45, 7) is 7.45. The van der Waals surface area contributed by atoms with Crippen LogP contribution in [-0.2, 0) is 9.59 Å². The molecule has 0 radical (unpaired) electrons. The molecule has 2 N–H and O–H groups in total. The molecule has 1 fully saturated rings. The molecule has 0 saturated carbocycles. The van der Waals surface area contributed by atoms with E-state index in [-0.39, 0.29) is 17.5 Å². The van der Waals surface area contributed by atoms with E-state index in [9.17, 15) is 9.59 Å². The SMILES string of the molecule is CCN(C(=O)C(C)=C(C)C(=O)O)C1CCNCC1. The van der Waals surface area contributed by atoms with Gasteiger partial charge < -0.3 is 15.3 Å². The van der Waals surface area contributed by atoms with Crippen LogP contribution in [0.5, 0.6) is 0 Å². The molecule has 1 amide bonds. The Kier molecular flexibility index (Phi) is 5.34. The number of rotatable bonds is 4. The van der Waals surface area contributed by atoms with Crippen LogP contribution in [0.25, 0.3) is 0 Å². The Bertz CT molecular complexity index is 357. The average Bonchev–Trinajstić information content (AvgIpc) is 2.38. The zero-order valence-electron chi connectivity index (χ0n) is 11.3. The summed E-state index contributed by atoms with van der Waals surface area (Å²) in [6.07, 6.45) is 1.86. The van der Waals surface area contributed by atoms with E-state index < -0.39 is 5.97 Å². The summed E-state index contributed by atoms with van der Waals surface area (Å²) in [7, 11) is 0. The summed E-state index contributed by atoms with van der Waals surface area (Å²) in [4.78, 5) is 25.0. The number of hydrogen-bond acceptors (Lipinski definition) is 3. The van der Waals surface area contributed by atoms with Crippen molar-refractivity contribution in [2.24, 2.45) is 0 Å². The van der Waals surface area contributed by atoms with Gasteiger partial charge in [-0.3, -0.25) is 4.79 Å². The maximum Gasteiger partial charge on any atom is 0.331 e. The third-order valence-corrected chi connectivity index (χ3v) is 3.56. The number of carbonyl (C=O) groups is 2. The molecule has 1 aliphatic rings. The number of hydrogen-bond donors (Lipinski definition) is 2. The van der Waals surface area contributed by atoms with E-state index in [2.05, 4.69) is 5.32 Å². The van der Waals surface area contributed by atoms with Gasteiger partial charge in [-0.2, -0.15) is 0 Å². The van der Waals surface area contributed by atoms with Crippen LogP contribution in [0.15, 0.2) is 11.1 Å². The second-order valence-corrected chi connectivity index (χ2v) is 4.63. The lowest BCUT2D eigenvalue weighted by molar-refractivity contribution is -0.134. The van der Waals surface area contributed by atoms with Crippen LogP contribution in [0.2, 0.25) is 0 Å². The molecule has 0 bridgehead atoms. The van der Waals surface area contributed by atoms with Gasteiger partial charge in [-0.15, -0.1) is 0 Å². The lowest BCUT2D eigenvalue weighted by Crippen LogP contribution is -2.46. The minimum atomic E-state index is -1.03. The Labute approximate surface area is 108 Å². The van der Waals surface area contributed by atoms with Crippen LogP contribution in [0.1, 0.15) is 33.6 Å². The van der Waals surface area contributed by atoms with Crippen molar-refractivity contribution in [1.82, 2.24) is 10.2 Å². The molecular weight excluding hydrogens is 232 g/mol. The van der Waals surface area contributed by atoms with Gasteiger partial charge in [0.2, 0.25) is 5.91 Å². The second-order valence-electron chi connectivity index (χ2n) is 4.63. The van der Waals surface area contributed by atoms with Crippen molar-refractivity contribution in [3.8, 4) is 0 Å². The van der Waals surface area contributed by atoms with Gasteiger partial charge in [0.05, 0.1) is 0 Å². The Morgan fingerprint density at radius 3 is 2.22 bits per heavy atom. The smallest absolute Gasteiger partial charge is 0.331 e. The molecule has 0 aromatic carbocycles. The van der Waals surface area contributed by atoms with Gasteiger partial charge in [0.15, 0.2) is 0 Å². The standard InChI is InChI=1S/C13H22N2O3/c1-4-15(11-5-7-14-8-6-11)12(16)9(2)10(3)13(17)18/h11,14H,4-8H2,1-3H3,(H,17,18). The first-order valence-electron chi connectivity index (χ1n) is 6.41. The molecule has 0 spiro atoms. The summed E-state index contributed by atoms with van der Waals surface area (Å²) < 4.78 is 0. The Morgan fingerprint density at radius 2 is 1.78 bits per heavy atom. The summed E-state index contributed by atoms with van der Waals surface area (Å²) >= 11 is 0. The average molecular weight is 254 g/mol. The number of nitrogens with zero attached hydrogens (tertiary/aromatic N) is 1. The van der Waals surface area contributed by atoms with Gasteiger partial charge in [-0.1, -0.05) is 0 Å². The number of carboxylic acid groups (broad SMARTS) is 1. The summed E-state index contributed by atoms with van der Waals surface area (Å²) in [6, 6.07) is 0.222. The Balaban J connectivity index is 2.84. The van der Waals surface area contributed by atoms with Gasteiger partial charge in [0.25, 0.3) is 0 Å². The number of nitrogens with one attached hydrogen (secondary N) is 1. The topological polar surface area (TPSA) is 69.6 Å². The van der Waals surface area contributed by atoms with Crippen LogP contribution < -0.4 is 5.32 Å². The first-order chi connectivity index (χ1) is 8.49. The van der Waals surface area contributed by atoms with Crippen molar-refractivity contribution in [3.63, 3.8) is 0 Å². The highest BCUT2D eigenvalue weighted by Crippen LogP contribution is 2.16. The summed E-state index contributed by atoms with van der Waals surface area (Å²) in [5, 5.41) is 12.2. The highest BCUT2D eigenvalue weighted by atomic mass is 16.4. The molecule has 0 aromatic heterocycles. The fourth-order valence-corrected chi connectivity index (χ4v) is 2.22. The second kappa shape index (κ2) is 6.54. The number of piperidine rings is 1. The van der Waals surface area contributed by atoms with Gasteiger partial charge >= 0.3 is 5.97 Å². The Morgan fingerprint density at radius 1 is 1.22 bits per heavy atom. The first-order valence-corrected chi connectivity index (χ1v) is 6.41. The molecular formula is C13H22N2O3. The van der Waals surface area contributed by atoms with Crippen molar-refractivity contribution in [1.29, 1.82) is 0 Å². The van der Waals surface area contributed by atoms with Crippen LogP contribution in [-0.4, -0.2) is 47.6 Å². The lowest BCUT2D eigenvalue weighted by Gasteiger charge is -2.34. The van der Waals surface area contributed by atoms with Crippen LogP contribution in [0.3, 0.4) is 0 Å². The molecule has 0 aliphatic carbocycles. The number of carboxylic acids is 1. The summed E-state index contributed by atoms with van der Waals surface area (Å²) in [5.41, 5.74) is 0.468. The molecule has 0 unspecified atom stereocenters. The highest BCUT2D eigenvalue weighted by Gasteiger charge is 2.26. The number of likely N-dealkylation sites (N-methyl/N-ethyl adjacent to an activating group) is 1. The highest BCUT2D eigenvalue weighted by molar-refractivity contribution is 6.01. The van der Waals surface area contributed by atoms with E-state index in [0.717, 1.165) is 25.9 Å². The molecule has 5 nitrogen and oxygen atoms in total. The fourth-order valence-electron chi connectivity index (χ4n) is 2.22. The molecule has 1 aliphatic heterocycles. The molecule has 0 aromatic rings. The van der Waals surface area contributed by atoms with E-state index in [0.29, 0.717) is 12.1 Å². The number of amides is 1. The fraction of sp³-hybridized carbons (Fsp3) is 0.692. The van der Waals surface area contributed by atoms with Gasteiger partial charge in [-0.05, 0) is 46.7 Å². The van der Waals surface area contributed by atoms with E-state index in [1.807, 2.05) is 6.92 Å². The van der Waals surface area contributed by atoms with Gasteiger partial charge in [0, 0.05) is 23.7 Å². The predicted molar refractivity (Wildman–Crippen MR) is 69.3 cm³/mol. The number of aliphatic carboxylic acids is 1. The minimum absolute atomic E-state index is 0.132. The van der Waals surface area contributed by atoms with E-state index in [4.69, 9.17) is 5.11 Å². The van der Waals surface area contributed by atoms with E-state index in [1.165, 1.54) is 6.92 Å². The van der Waals surface area contributed by atoms with Crippen molar-refractivity contribution < 1.29 is 14.7 Å². The molecule has 5 heteroatoms.